The van der Waals surface area contributed by atoms with Gasteiger partial charge in [0.1, 0.15) is 17.9 Å². The summed E-state index contributed by atoms with van der Waals surface area (Å²) in [6.45, 7) is 1.85. The van der Waals surface area contributed by atoms with E-state index < -0.39 is 18.1 Å². The summed E-state index contributed by atoms with van der Waals surface area (Å²) in [6, 6.07) is 8.29. The molecule has 1 unspecified atom stereocenters. The summed E-state index contributed by atoms with van der Waals surface area (Å²) in [5, 5.41) is 16.9. The molecule has 172 valence electrons. The number of aromatic nitrogens is 8. The van der Waals surface area contributed by atoms with Crippen LogP contribution in [0.3, 0.4) is 0 Å². The lowest BCUT2D eigenvalue weighted by atomic mass is 9.99. The van der Waals surface area contributed by atoms with Crippen LogP contribution in [0.25, 0.3) is 17.1 Å². The van der Waals surface area contributed by atoms with Gasteiger partial charge in [-0.1, -0.05) is 6.07 Å². The average molecular weight is 461 g/mol. The summed E-state index contributed by atoms with van der Waals surface area (Å²) in [7, 11) is 1.77. The molecule has 12 heteroatoms. The summed E-state index contributed by atoms with van der Waals surface area (Å²) < 4.78 is 23.0. The summed E-state index contributed by atoms with van der Waals surface area (Å²) in [6.07, 6.45) is 2.72. The Bertz CT molecular complexity index is 1510. The number of carbonyl (C=O) groups excluding carboxylic acids is 1. The molecule has 1 aliphatic heterocycles. The third-order valence-electron chi connectivity index (χ3n) is 5.95. The van der Waals surface area contributed by atoms with Crippen LogP contribution in [0.5, 0.6) is 0 Å². The number of nitrogens with one attached hydrogen (secondary N) is 1. The minimum absolute atomic E-state index is 0.147. The number of rotatable bonds is 4. The predicted octanol–water partition coefficient (Wildman–Crippen LogP) is 2.66. The molecule has 34 heavy (non-hydrogen) atoms. The van der Waals surface area contributed by atoms with E-state index in [9.17, 15) is 9.18 Å². The highest BCUT2D eigenvalue weighted by Gasteiger charge is 2.38. The number of hydrogen-bond donors (Lipinski definition) is 1. The first-order valence-corrected chi connectivity index (χ1v) is 10.8. The number of amides is 1. The molecule has 6 heterocycles. The molecule has 1 aliphatic rings. The van der Waals surface area contributed by atoms with Crippen LogP contribution in [0.15, 0.2) is 47.3 Å². The lowest BCUT2D eigenvalue weighted by Crippen LogP contribution is -2.41. The molecular weight excluding hydrogens is 441 g/mol. The Labute approximate surface area is 192 Å². The van der Waals surface area contributed by atoms with Gasteiger partial charge in [-0.2, -0.15) is 10.2 Å². The van der Waals surface area contributed by atoms with Crippen LogP contribution >= 0.6 is 0 Å². The second kappa shape index (κ2) is 7.61. The third-order valence-corrected chi connectivity index (χ3v) is 5.95. The van der Waals surface area contributed by atoms with Gasteiger partial charge in [-0.15, -0.1) is 10.2 Å². The SMILES string of the molecule is CC(F)c1cccc2cc([C@@H]3c4nc[nH]c4CCN3C(=O)c3nnc(-c4ccn(C)n4)o3)nn12. The summed E-state index contributed by atoms with van der Waals surface area (Å²) in [5.74, 6) is -0.428. The molecule has 0 aromatic carbocycles. The molecule has 0 spiro atoms. The van der Waals surface area contributed by atoms with Gasteiger partial charge < -0.3 is 14.3 Å². The number of H-pyrrole nitrogens is 1. The molecule has 2 atom stereocenters. The molecule has 1 amide bonds. The van der Waals surface area contributed by atoms with Gasteiger partial charge >= 0.3 is 11.8 Å². The lowest BCUT2D eigenvalue weighted by molar-refractivity contribution is 0.0646. The predicted molar refractivity (Wildman–Crippen MR) is 116 cm³/mol. The number of carbonyl (C=O) groups is 1. The highest BCUT2D eigenvalue weighted by Crippen LogP contribution is 2.35. The first-order chi connectivity index (χ1) is 16.5. The smallest absolute Gasteiger partial charge is 0.312 e. The Kier molecular flexibility index (Phi) is 4.54. The molecule has 5 aromatic heterocycles. The molecule has 0 radical (unpaired) electrons. The van der Waals surface area contributed by atoms with E-state index >= 15 is 0 Å². The van der Waals surface area contributed by atoms with E-state index in [2.05, 4.69) is 30.4 Å². The number of fused-ring (bicyclic) bond motifs is 2. The fourth-order valence-corrected chi connectivity index (χ4v) is 4.35. The van der Waals surface area contributed by atoms with Crippen molar-refractivity contribution in [3.8, 4) is 11.6 Å². The highest BCUT2D eigenvalue weighted by molar-refractivity contribution is 5.90. The van der Waals surface area contributed by atoms with Crippen LogP contribution in [0.4, 0.5) is 4.39 Å². The van der Waals surface area contributed by atoms with E-state index in [0.29, 0.717) is 35.7 Å². The number of pyridine rings is 1. The number of nitrogens with zero attached hydrogens (tertiary/aromatic N) is 8. The Morgan fingerprint density at radius 2 is 2.15 bits per heavy atom. The number of halogens is 1. The molecule has 0 bridgehead atoms. The van der Waals surface area contributed by atoms with Crippen molar-refractivity contribution >= 4 is 11.4 Å². The number of alkyl halides is 1. The van der Waals surface area contributed by atoms with Crippen LogP contribution < -0.4 is 0 Å². The van der Waals surface area contributed by atoms with E-state index in [4.69, 9.17) is 4.42 Å². The normalized spacial score (nSPS) is 16.7. The molecule has 0 fully saturated rings. The van der Waals surface area contributed by atoms with Crippen molar-refractivity contribution in [2.45, 2.75) is 25.6 Å². The van der Waals surface area contributed by atoms with E-state index in [1.54, 1.807) is 51.9 Å². The van der Waals surface area contributed by atoms with Crippen LogP contribution in [-0.4, -0.2) is 56.9 Å². The second-order valence-corrected chi connectivity index (χ2v) is 8.18. The van der Waals surface area contributed by atoms with E-state index in [-0.39, 0.29) is 11.8 Å². The molecule has 0 saturated heterocycles. The van der Waals surface area contributed by atoms with Crippen molar-refractivity contribution < 1.29 is 13.6 Å². The van der Waals surface area contributed by atoms with Gasteiger partial charge in [0, 0.05) is 31.9 Å². The first-order valence-electron chi connectivity index (χ1n) is 10.8. The quantitative estimate of drug-likeness (QED) is 0.436. The van der Waals surface area contributed by atoms with Crippen LogP contribution in [0, 0.1) is 0 Å². The summed E-state index contributed by atoms with van der Waals surface area (Å²) in [5.41, 5.74) is 3.80. The van der Waals surface area contributed by atoms with Crippen molar-refractivity contribution in [1.82, 2.24) is 44.5 Å². The maximum absolute atomic E-state index is 14.2. The van der Waals surface area contributed by atoms with Crippen molar-refractivity contribution in [2.24, 2.45) is 7.05 Å². The second-order valence-electron chi connectivity index (χ2n) is 8.18. The van der Waals surface area contributed by atoms with Gasteiger partial charge in [-0.3, -0.25) is 9.48 Å². The minimum Gasteiger partial charge on any atom is -0.411 e. The number of hydrogen-bond acceptors (Lipinski definition) is 7. The zero-order valence-electron chi connectivity index (χ0n) is 18.4. The maximum Gasteiger partial charge on any atom is 0.312 e. The van der Waals surface area contributed by atoms with E-state index in [1.165, 1.54) is 6.92 Å². The molecule has 0 saturated carbocycles. The zero-order chi connectivity index (χ0) is 23.4. The zero-order valence-corrected chi connectivity index (χ0v) is 18.4. The van der Waals surface area contributed by atoms with E-state index in [0.717, 1.165) is 11.2 Å². The topological polar surface area (TPSA) is 123 Å². The minimum atomic E-state index is -1.20. The molecule has 1 N–H and O–H groups in total. The Morgan fingerprint density at radius 3 is 2.94 bits per heavy atom. The maximum atomic E-state index is 14.2. The number of aromatic amines is 1. The van der Waals surface area contributed by atoms with Crippen molar-refractivity contribution in [2.75, 3.05) is 6.54 Å². The van der Waals surface area contributed by atoms with Gasteiger partial charge in [0.15, 0.2) is 0 Å². The standard InChI is InChI=1S/C22H20FN9O2/c1-12(23)17-5-3-4-13-10-16(29-32(13)17)19-18-14(24-11-25-18)7-9-31(19)22(33)21-27-26-20(34-21)15-6-8-30(2)28-15/h3-6,8,10-12,19H,7,9H2,1-2H3,(H,24,25)/t12?,19-/m1/s1. The van der Waals surface area contributed by atoms with Crippen molar-refractivity contribution in [1.29, 1.82) is 0 Å². The van der Waals surface area contributed by atoms with Crippen LogP contribution in [0.1, 0.15) is 52.6 Å². The lowest BCUT2D eigenvalue weighted by Gasteiger charge is -2.32. The number of aryl methyl sites for hydroxylation is 1. The molecular formula is C22H20FN9O2. The third kappa shape index (κ3) is 3.17. The highest BCUT2D eigenvalue weighted by atomic mass is 19.1. The van der Waals surface area contributed by atoms with E-state index in [1.807, 2.05) is 12.1 Å². The fraction of sp³-hybridized carbons (Fsp3) is 0.273. The van der Waals surface area contributed by atoms with Crippen LogP contribution in [0.2, 0.25) is 0 Å². The van der Waals surface area contributed by atoms with Gasteiger partial charge in [-0.05, 0) is 31.2 Å². The Morgan fingerprint density at radius 1 is 1.26 bits per heavy atom. The van der Waals surface area contributed by atoms with Crippen LogP contribution in [-0.2, 0) is 13.5 Å². The Hall–Kier alpha value is -4.35. The first kappa shape index (κ1) is 20.3. The molecule has 6 rings (SSSR count). The van der Waals surface area contributed by atoms with Gasteiger partial charge in [0.05, 0.1) is 28.9 Å². The van der Waals surface area contributed by atoms with Crippen molar-refractivity contribution in [3.63, 3.8) is 0 Å². The number of imidazole rings is 1. The van der Waals surface area contributed by atoms with Crippen molar-refractivity contribution in [3.05, 3.63) is 71.5 Å². The average Bonchev–Trinajstić information content (AvgIpc) is 3.62. The molecule has 11 nitrogen and oxygen atoms in total. The summed E-state index contributed by atoms with van der Waals surface area (Å²) in [4.78, 5) is 22.8. The fourth-order valence-electron chi connectivity index (χ4n) is 4.35. The monoisotopic (exact) mass is 461 g/mol. The van der Waals surface area contributed by atoms with Gasteiger partial charge in [0.25, 0.3) is 5.89 Å². The molecule has 5 aromatic rings. The summed E-state index contributed by atoms with van der Waals surface area (Å²) >= 11 is 0. The van der Waals surface area contributed by atoms with Gasteiger partial charge in [0.2, 0.25) is 0 Å². The van der Waals surface area contributed by atoms with Gasteiger partial charge in [-0.25, -0.2) is 13.9 Å². The largest absolute Gasteiger partial charge is 0.411 e. The molecule has 0 aliphatic carbocycles. The Balaban J connectivity index is 1.41.